The molecule has 0 spiro atoms. The molecule has 2 aromatic rings. The molecule has 1 saturated carbocycles. The van der Waals surface area contributed by atoms with Gasteiger partial charge in [-0.15, -0.1) is 11.3 Å². The molecule has 2 heterocycles. The van der Waals surface area contributed by atoms with E-state index in [1.54, 1.807) is 6.20 Å². The molecule has 8 heteroatoms. The predicted octanol–water partition coefficient (Wildman–Crippen LogP) is 5.09. The molecule has 1 aliphatic carbocycles. The van der Waals surface area contributed by atoms with Gasteiger partial charge in [0.1, 0.15) is 6.04 Å². The van der Waals surface area contributed by atoms with Crippen LogP contribution in [0.2, 0.25) is 5.02 Å². The molecule has 2 atom stereocenters. The summed E-state index contributed by atoms with van der Waals surface area (Å²) in [5, 5.41) is 9.95. The molecule has 0 saturated heterocycles. The van der Waals surface area contributed by atoms with Crippen LogP contribution in [0.4, 0.5) is 5.69 Å². The third-order valence-corrected chi connectivity index (χ3v) is 6.75. The Balaban J connectivity index is 1.64. The van der Waals surface area contributed by atoms with Crippen molar-refractivity contribution in [3.8, 4) is 0 Å². The lowest BCUT2D eigenvalue weighted by atomic mass is 10.0. The van der Waals surface area contributed by atoms with Crippen molar-refractivity contribution >= 4 is 40.4 Å². The van der Waals surface area contributed by atoms with E-state index in [2.05, 4.69) is 34.8 Å². The fraction of sp³-hybridized carbons (Fsp3) is 0.522. The van der Waals surface area contributed by atoms with Crippen LogP contribution < -0.4 is 16.0 Å². The van der Waals surface area contributed by atoms with Gasteiger partial charge in [0.05, 0.1) is 27.3 Å². The molecule has 2 amide bonds. The first-order valence-electron chi connectivity index (χ1n) is 10.8. The van der Waals surface area contributed by atoms with E-state index in [1.165, 1.54) is 11.3 Å². The van der Waals surface area contributed by atoms with Crippen LogP contribution in [0.3, 0.4) is 0 Å². The van der Waals surface area contributed by atoms with Crippen LogP contribution in [-0.4, -0.2) is 28.9 Å². The zero-order chi connectivity index (χ0) is 22.5. The molecule has 31 heavy (non-hydrogen) atoms. The largest absolute Gasteiger partial charge is 0.376 e. The van der Waals surface area contributed by atoms with Gasteiger partial charge in [0.15, 0.2) is 0 Å². The van der Waals surface area contributed by atoms with Crippen molar-refractivity contribution in [3.63, 3.8) is 0 Å². The Morgan fingerprint density at radius 1 is 1.23 bits per heavy atom. The number of halogens is 1. The van der Waals surface area contributed by atoms with E-state index in [9.17, 15) is 9.59 Å². The Hall–Kier alpha value is -2.12. The quantitative estimate of drug-likeness (QED) is 0.459. The van der Waals surface area contributed by atoms with Crippen LogP contribution in [0.15, 0.2) is 24.4 Å². The molecule has 0 bridgehead atoms. The summed E-state index contributed by atoms with van der Waals surface area (Å²) in [6.45, 7) is 8.19. The predicted molar refractivity (Wildman–Crippen MR) is 127 cm³/mol. The van der Waals surface area contributed by atoms with E-state index >= 15 is 0 Å². The lowest BCUT2D eigenvalue weighted by Crippen LogP contribution is -2.47. The number of amides is 2. The summed E-state index contributed by atoms with van der Waals surface area (Å²) in [6.07, 6.45) is 5.19. The maximum atomic E-state index is 12.9. The van der Waals surface area contributed by atoms with E-state index < -0.39 is 6.04 Å². The minimum atomic E-state index is -0.503. The average molecular weight is 463 g/mol. The standard InChI is InChI=1S/C23H31ClN4O2S/c1-13(2)5-8-18(22(29)27-17-6-7-17)28-23(30)21-10-9-20(31-21)15(4)26-19-11-16(24)12-25-14(19)3/h9-13,15,17-18,26H,5-8H2,1-4H3,(H,27,29)(H,28,30)/t15-,18-/m0/s1. The highest BCUT2D eigenvalue weighted by Gasteiger charge is 2.29. The number of carbonyl (C=O) groups excluding carboxylic acids is 2. The molecule has 168 valence electrons. The topological polar surface area (TPSA) is 83.1 Å². The van der Waals surface area contributed by atoms with Crippen molar-refractivity contribution < 1.29 is 9.59 Å². The fourth-order valence-corrected chi connectivity index (χ4v) is 4.26. The van der Waals surface area contributed by atoms with Crippen molar-refractivity contribution in [2.75, 3.05) is 5.32 Å². The molecular formula is C23H31ClN4O2S. The molecule has 6 nitrogen and oxygen atoms in total. The second kappa shape index (κ2) is 10.5. The smallest absolute Gasteiger partial charge is 0.262 e. The third-order valence-electron chi connectivity index (χ3n) is 5.28. The van der Waals surface area contributed by atoms with Crippen molar-refractivity contribution in [2.24, 2.45) is 5.92 Å². The monoisotopic (exact) mass is 462 g/mol. The summed E-state index contributed by atoms with van der Waals surface area (Å²) in [5.74, 6) is 0.189. The van der Waals surface area contributed by atoms with E-state index in [1.807, 2.05) is 32.0 Å². The van der Waals surface area contributed by atoms with Gasteiger partial charge in [0.25, 0.3) is 5.91 Å². The van der Waals surface area contributed by atoms with E-state index in [4.69, 9.17) is 11.6 Å². The molecule has 0 aromatic carbocycles. The van der Waals surface area contributed by atoms with Gasteiger partial charge in [0, 0.05) is 17.1 Å². The summed E-state index contributed by atoms with van der Waals surface area (Å²) in [7, 11) is 0. The number of carbonyl (C=O) groups is 2. The maximum absolute atomic E-state index is 12.9. The summed E-state index contributed by atoms with van der Waals surface area (Å²) in [5.41, 5.74) is 1.73. The third kappa shape index (κ3) is 6.94. The molecule has 1 fully saturated rings. The minimum Gasteiger partial charge on any atom is -0.376 e. The summed E-state index contributed by atoms with van der Waals surface area (Å²) >= 11 is 7.48. The molecule has 1 aliphatic rings. The molecule has 2 aromatic heterocycles. The number of aromatic nitrogens is 1. The number of rotatable bonds is 10. The number of nitrogens with one attached hydrogen (secondary N) is 3. The number of aryl methyl sites for hydroxylation is 1. The van der Waals surface area contributed by atoms with Gasteiger partial charge in [-0.2, -0.15) is 0 Å². The Morgan fingerprint density at radius 2 is 1.97 bits per heavy atom. The van der Waals surface area contributed by atoms with Crippen LogP contribution >= 0.6 is 22.9 Å². The molecule has 0 aliphatic heterocycles. The zero-order valence-electron chi connectivity index (χ0n) is 18.5. The Bertz CT molecular complexity index is 926. The first-order chi connectivity index (χ1) is 14.7. The number of hydrogen-bond acceptors (Lipinski definition) is 5. The lowest BCUT2D eigenvalue weighted by molar-refractivity contribution is -0.123. The van der Waals surface area contributed by atoms with Gasteiger partial charge >= 0.3 is 0 Å². The van der Waals surface area contributed by atoms with E-state index in [-0.39, 0.29) is 23.9 Å². The maximum Gasteiger partial charge on any atom is 0.262 e. The van der Waals surface area contributed by atoms with Gasteiger partial charge < -0.3 is 16.0 Å². The highest BCUT2D eigenvalue weighted by atomic mass is 35.5. The van der Waals surface area contributed by atoms with Gasteiger partial charge in [-0.25, -0.2) is 0 Å². The van der Waals surface area contributed by atoms with Crippen LogP contribution in [0.1, 0.15) is 72.7 Å². The molecule has 3 N–H and O–H groups in total. The Kier molecular flexibility index (Phi) is 7.94. The Morgan fingerprint density at radius 3 is 2.65 bits per heavy atom. The minimum absolute atomic E-state index is 0.0135. The number of nitrogens with zero attached hydrogens (tertiary/aromatic N) is 1. The van der Waals surface area contributed by atoms with Crippen LogP contribution in [0.5, 0.6) is 0 Å². The van der Waals surface area contributed by atoms with Crippen molar-refractivity contribution in [1.82, 2.24) is 15.6 Å². The second-order valence-corrected chi connectivity index (χ2v) is 10.2. The molecule has 0 radical (unpaired) electrons. The summed E-state index contributed by atoms with van der Waals surface area (Å²) in [4.78, 5) is 31.4. The van der Waals surface area contributed by atoms with Crippen LogP contribution in [-0.2, 0) is 4.79 Å². The number of pyridine rings is 1. The van der Waals surface area contributed by atoms with Crippen molar-refractivity contribution in [3.05, 3.63) is 44.9 Å². The van der Waals surface area contributed by atoms with Gasteiger partial charge in [-0.1, -0.05) is 25.4 Å². The summed E-state index contributed by atoms with van der Waals surface area (Å²) < 4.78 is 0. The highest BCUT2D eigenvalue weighted by Crippen LogP contribution is 2.28. The van der Waals surface area contributed by atoms with Crippen LogP contribution in [0, 0.1) is 12.8 Å². The zero-order valence-corrected chi connectivity index (χ0v) is 20.1. The number of thiophene rings is 1. The molecule has 3 rings (SSSR count). The van der Waals surface area contributed by atoms with E-state index in [0.717, 1.165) is 35.5 Å². The van der Waals surface area contributed by atoms with Gasteiger partial charge in [-0.05, 0) is 63.6 Å². The second-order valence-electron chi connectivity index (χ2n) is 8.63. The summed E-state index contributed by atoms with van der Waals surface area (Å²) in [6, 6.07) is 5.36. The fourth-order valence-electron chi connectivity index (χ4n) is 3.19. The number of hydrogen-bond donors (Lipinski definition) is 3. The SMILES string of the molecule is Cc1ncc(Cl)cc1N[C@@H](C)c1ccc(C(=O)N[C@@H](CCC(C)C)C(=O)NC2CC2)s1. The first kappa shape index (κ1) is 23.5. The molecular weight excluding hydrogens is 432 g/mol. The first-order valence-corrected chi connectivity index (χ1v) is 12.0. The normalized spacial score (nSPS) is 15.4. The van der Waals surface area contributed by atoms with Crippen molar-refractivity contribution in [2.45, 2.75) is 71.5 Å². The van der Waals surface area contributed by atoms with Gasteiger partial charge in [0.2, 0.25) is 5.91 Å². The molecule has 0 unspecified atom stereocenters. The van der Waals surface area contributed by atoms with E-state index in [0.29, 0.717) is 22.2 Å². The van der Waals surface area contributed by atoms with Crippen LogP contribution in [0.25, 0.3) is 0 Å². The number of anilines is 1. The lowest BCUT2D eigenvalue weighted by Gasteiger charge is -2.19. The highest BCUT2D eigenvalue weighted by molar-refractivity contribution is 7.14. The van der Waals surface area contributed by atoms with Crippen molar-refractivity contribution in [1.29, 1.82) is 0 Å². The van der Waals surface area contributed by atoms with Gasteiger partial charge in [-0.3, -0.25) is 14.6 Å². The average Bonchev–Trinajstić information content (AvgIpc) is 3.38. The Labute approximate surface area is 193 Å².